The molecule has 4 heterocycles. The molecule has 4 atom stereocenters. The predicted molar refractivity (Wildman–Crippen MR) is 282 cm³/mol. The number of hydrogen-bond acceptors (Lipinski definition) is 11. The molecule has 4 N–H and O–H groups in total. The number of hydrogen-bond donors (Lipinski definition) is 3. The van der Waals surface area contributed by atoms with Gasteiger partial charge >= 0.3 is 17.9 Å². The molecular formula is C57H72N6O9. The standard InChI is InChI=1S/C28H33N3O4.C17H20N2O2.C11H15NO3.CH4/c1-18(2)13-24(31-12-7-6-11-25(31)32)28(34)30-23(15-26(33)35-5)21-14-22(17-29-16-21)27-19(3)9-8-10-20(27)4;1-11-5-4-6-12(2)17(11)14-7-13(9-19-10-14)15(18)8-16(20)21-3;1-8(2)7-9(11(14)15)12-6-4-3-5-10(12)13;/h6-12,14,16-18,23-24H,13,15H2,1-5H3,(H,30,34);4-7,9-10,15H,8,18H2,1-3H3;3-6,8-9H,7H2,1-2H3,(H,14,15);1H4/t;;9-;/m..0./s1. The van der Waals surface area contributed by atoms with E-state index in [1.54, 1.807) is 49.1 Å². The molecule has 1 amide bonds. The second-order valence-corrected chi connectivity index (χ2v) is 18.3. The van der Waals surface area contributed by atoms with Gasteiger partial charge in [0.1, 0.15) is 12.1 Å². The van der Waals surface area contributed by atoms with E-state index in [9.17, 15) is 28.8 Å². The minimum absolute atomic E-state index is 0. The van der Waals surface area contributed by atoms with E-state index in [4.69, 9.17) is 15.6 Å². The molecule has 0 radical (unpaired) electrons. The van der Waals surface area contributed by atoms with E-state index in [-0.39, 0.29) is 55.1 Å². The zero-order chi connectivity index (χ0) is 52.4. The molecule has 0 saturated heterocycles. The first-order chi connectivity index (χ1) is 33.7. The van der Waals surface area contributed by atoms with Crippen LogP contribution in [0.4, 0.5) is 0 Å². The molecular weight excluding hydrogens is 913 g/mol. The molecule has 15 nitrogen and oxygen atoms in total. The monoisotopic (exact) mass is 985 g/mol. The molecule has 15 heteroatoms. The summed E-state index contributed by atoms with van der Waals surface area (Å²) in [7, 11) is 2.68. The van der Waals surface area contributed by atoms with Gasteiger partial charge in [0, 0.05) is 66.5 Å². The van der Waals surface area contributed by atoms with Gasteiger partial charge in [-0.2, -0.15) is 0 Å². The Morgan fingerprint density at radius 3 is 1.46 bits per heavy atom. The van der Waals surface area contributed by atoms with Gasteiger partial charge in [-0.15, -0.1) is 0 Å². The first kappa shape index (κ1) is 58.8. The van der Waals surface area contributed by atoms with Crippen LogP contribution in [-0.4, -0.2) is 62.2 Å². The lowest BCUT2D eigenvalue weighted by Crippen LogP contribution is -2.40. The summed E-state index contributed by atoms with van der Waals surface area (Å²) < 4.78 is 12.3. The third-order valence-electron chi connectivity index (χ3n) is 11.8. The number of aromatic nitrogens is 4. The van der Waals surface area contributed by atoms with Gasteiger partial charge in [-0.1, -0.05) is 83.7 Å². The highest BCUT2D eigenvalue weighted by atomic mass is 16.5. The van der Waals surface area contributed by atoms with Crippen LogP contribution in [0.25, 0.3) is 22.3 Å². The molecule has 2 aromatic carbocycles. The van der Waals surface area contributed by atoms with Crippen molar-refractivity contribution in [2.75, 3.05) is 14.2 Å². The van der Waals surface area contributed by atoms with Crippen molar-refractivity contribution < 1.29 is 33.8 Å². The smallest absolute Gasteiger partial charge is 0.326 e. The minimum atomic E-state index is -0.961. The number of nitrogens with zero attached hydrogens (tertiary/aromatic N) is 4. The molecule has 0 aliphatic carbocycles. The highest BCUT2D eigenvalue weighted by Crippen LogP contribution is 2.31. The van der Waals surface area contributed by atoms with E-state index < -0.39 is 36.1 Å². The Morgan fingerprint density at radius 1 is 0.611 bits per heavy atom. The fourth-order valence-electron chi connectivity index (χ4n) is 8.24. The maximum absolute atomic E-state index is 13.5. The Morgan fingerprint density at radius 2 is 1.03 bits per heavy atom. The number of carbonyl (C=O) groups is 4. The van der Waals surface area contributed by atoms with E-state index in [0.29, 0.717) is 18.4 Å². The van der Waals surface area contributed by atoms with Crippen LogP contribution in [0, 0.1) is 39.5 Å². The average Bonchev–Trinajstić information content (AvgIpc) is 3.33. The molecule has 3 unspecified atom stereocenters. The Bertz CT molecular complexity index is 2830. The molecule has 72 heavy (non-hydrogen) atoms. The van der Waals surface area contributed by atoms with Crippen molar-refractivity contribution in [2.24, 2.45) is 17.6 Å². The van der Waals surface area contributed by atoms with Gasteiger partial charge in [0.25, 0.3) is 11.1 Å². The van der Waals surface area contributed by atoms with Gasteiger partial charge in [0.15, 0.2) is 0 Å². The molecule has 6 rings (SSSR count). The number of amides is 1. The number of rotatable bonds is 17. The predicted octanol–water partition coefficient (Wildman–Crippen LogP) is 9.62. The van der Waals surface area contributed by atoms with Crippen molar-refractivity contribution in [1.29, 1.82) is 0 Å². The van der Waals surface area contributed by atoms with Crippen LogP contribution >= 0.6 is 0 Å². The van der Waals surface area contributed by atoms with E-state index in [0.717, 1.165) is 38.9 Å². The number of pyridine rings is 4. The molecule has 0 spiro atoms. The summed E-state index contributed by atoms with van der Waals surface area (Å²) in [6, 6.07) is 23.1. The number of carbonyl (C=O) groups excluding carboxylic acids is 3. The Balaban J connectivity index is 0.000000313. The number of benzene rings is 2. The van der Waals surface area contributed by atoms with Gasteiger partial charge in [-0.25, -0.2) is 4.79 Å². The van der Waals surface area contributed by atoms with E-state index >= 15 is 0 Å². The van der Waals surface area contributed by atoms with Crippen molar-refractivity contribution in [2.45, 2.75) is 113 Å². The minimum Gasteiger partial charge on any atom is -0.480 e. The molecule has 0 bridgehead atoms. The quantitative estimate of drug-likeness (QED) is 0.0729. The maximum atomic E-state index is 13.5. The van der Waals surface area contributed by atoms with Crippen molar-refractivity contribution >= 4 is 23.8 Å². The van der Waals surface area contributed by atoms with Crippen molar-refractivity contribution in [3.63, 3.8) is 0 Å². The Hall–Kier alpha value is -7.52. The Labute approximate surface area is 423 Å². The normalized spacial score (nSPS) is 12.3. The summed E-state index contributed by atoms with van der Waals surface area (Å²) in [4.78, 5) is 80.7. The molecule has 0 aliphatic heterocycles. The molecule has 0 aliphatic rings. The van der Waals surface area contributed by atoms with Crippen LogP contribution in [-0.2, 0) is 28.7 Å². The summed E-state index contributed by atoms with van der Waals surface area (Å²) in [6.07, 6.45) is 11.1. The fourth-order valence-corrected chi connectivity index (χ4v) is 8.24. The van der Waals surface area contributed by atoms with Gasteiger partial charge in [0.2, 0.25) is 5.91 Å². The van der Waals surface area contributed by atoms with Crippen LogP contribution < -0.4 is 22.2 Å². The molecule has 4 aromatic heterocycles. The van der Waals surface area contributed by atoms with Crippen LogP contribution in [0.5, 0.6) is 0 Å². The van der Waals surface area contributed by atoms with E-state index in [2.05, 4.69) is 46.0 Å². The van der Waals surface area contributed by atoms with Crippen molar-refractivity contribution in [3.05, 3.63) is 176 Å². The van der Waals surface area contributed by atoms with Crippen molar-refractivity contribution in [1.82, 2.24) is 24.4 Å². The number of carboxylic acid groups (broad SMARTS) is 1. The second kappa shape index (κ2) is 28.4. The summed E-state index contributed by atoms with van der Waals surface area (Å²) in [6.45, 7) is 16.1. The lowest BCUT2D eigenvalue weighted by molar-refractivity contribution is -0.142. The van der Waals surface area contributed by atoms with Crippen LogP contribution in [0.1, 0.15) is 118 Å². The summed E-state index contributed by atoms with van der Waals surface area (Å²) in [5.74, 6) is -1.66. The first-order valence-electron chi connectivity index (χ1n) is 23.6. The van der Waals surface area contributed by atoms with E-state index in [1.807, 2.05) is 84.1 Å². The van der Waals surface area contributed by atoms with Crippen LogP contribution in [0.3, 0.4) is 0 Å². The third-order valence-corrected chi connectivity index (χ3v) is 11.8. The summed E-state index contributed by atoms with van der Waals surface area (Å²) in [5, 5.41) is 12.0. The number of nitrogens with one attached hydrogen (secondary N) is 1. The van der Waals surface area contributed by atoms with E-state index in [1.165, 1.54) is 52.8 Å². The second-order valence-electron chi connectivity index (χ2n) is 18.3. The van der Waals surface area contributed by atoms with Gasteiger partial charge in [0.05, 0.1) is 33.1 Å². The summed E-state index contributed by atoms with van der Waals surface area (Å²) >= 11 is 0. The average molecular weight is 985 g/mol. The van der Waals surface area contributed by atoms with Crippen LogP contribution in [0.2, 0.25) is 0 Å². The number of ether oxygens (including phenoxy) is 2. The number of nitrogens with two attached hydrogens (primary N) is 1. The zero-order valence-electron chi connectivity index (χ0n) is 42.4. The Kier molecular flexibility index (Phi) is 23.2. The number of esters is 2. The maximum Gasteiger partial charge on any atom is 0.326 e. The lowest BCUT2D eigenvalue weighted by atomic mass is 9.94. The third kappa shape index (κ3) is 16.8. The molecule has 384 valence electrons. The van der Waals surface area contributed by atoms with Gasteiger partial charge in [-0.05, 0) is 121 Å². The number of aliphatic carboxylic acids is 1. The number of methoxy groups -OCH3 is 2. The number of carboxylic acids is 1. The lowest BCUT2D eigenvalue weighted by Gasteiger charge is -2.25. The topological polar surface area (TPSA) is 215 Å². The highest BCUT2D eigenvalue weighted by Gasteiger charge is 2.28. The fraction of sp³-hybridized carbons (Fsp3) is 0.368. The van der Waals surface area contributed by atoms with Gasteiger partial charge in [-0.3, -0.25) is 33.9 Å². The molecule has 0 fully saturated rings. The summed E-state index contributed by atoms with van der Waals surface area (Å²) in [5.41, 5.74) is 15.8. The first-order valence-corrected chi connectivity index (χ1v) is 23.6. The van der Waals surface area contributed by atoms with Gasteiger partial charge < -0.3 is 34.8 Å². The number of aryl methyl sites for hydroxylation is 4. The largest absolute Gasteiger partial charge is 0.480 e. The molecule has 6 aromatic rings. The molecule has 0 saturated carbocycles. The van der Waals surface area contributed by atoms with Crippen LogP contribution in [0.15, 0.2) is 132 Å². The SMILES string of the molecule is C.CC(C)C[C@@H](C(=O)O)n1ccccc1=O.COC(=O)CC(N)c1cncc(-c2c(C)cccc2C)c1.COC(=O)CC(NC(=O)C(CC(C)C)n1ccccc1=O)c1cncc(-c2c(C)cccc2C)c1. The highest BCUT2D eigenvalue weighted by molar-refractivity contribution is 5.82. The van der Waals surface area contributed by atoms with Crippen molar-refractivity contribution in [3.8, 4) is 22.3 Å². The zero-order valence-corrected chi connectivity index (χ0v) is 42.4.